The molecular formula is C22H25NO4. The molecule has 2 aromatic carbocycles. The van der Waals surface area contributed by atoms with Crippen LogP contribution in [0.15, 0.2) is 47.3 Å². The molecule has 0 amide bonds. The Bertz CT molecular complexity index is 1010. The number of para-hydroxylation sites is 1. The summed E-state index contributed by atoms with van der Waals surface area (Å²) in [5.74, 6) is 0.541. The average molecular weight is 367 g/mol. The number of aryl methyl sites for hydroxylation is 1. The number of aromatic nitrogens is 1. The standard InChI is InChI=1S/C22H25NO4/c1-3-27-21(24)11-5-4-8-14-23-19-10-7-6-9-17(19)22(25)18-15-16(26-2)12-13-20(18)23/h6-7,9-10,12-13,15H,3-5,8,11,14H2,1-2H3. The lowest BCUT2D eigenvalue weighted by Crippen LogP contribution is -2.12. The first kappa shape index (κ1) is 19.0. The van der Waals surface area contributed by atoms with E-state index in [9.17, 15) is 9.59 Å². The van der Waals surface area contributed by atoms with Crippen molar-refractivity contribution in [2.24, 2.45) is 0 Å². The van der Waals surface area contributed by atoms with E-state index in [4.69, 9.17) is 9.47 Å². The minimum Gasteiger partial charge on any atom is -0.497 e. The number of pyridine rings is 1. The van der Waals surface area contributed by atoms with Crippen molar-refractivity contribution >= 4 is 27.8 Å². The maximum atomic E-state index is 12.9. The summed E-state index contributed by atoms with van der Waals surface area (Å²) in [7, 11) is 1.60. The molecule has 3 aromatic rings. The number of unbranched alkanes of at least 4 members (excludes halogenated alkanes) is 2. The molecule has 0 aliphatic rings. The van der Waals surface area contributed by atoms with E-state index in [0.29, 0.717) is 29.5 Å². The number of esters is 1. The van der Waals surface area contributed by atoms with Crippen molar-refractivity contribution in [2.75, 3.05) is 13.7 Å². The summed E-state index contributed by atoms with van der Waals surface area (Å²) in [4.78, 5) is 24.4. The summed E-state index contributed by atoms with van der Waals surface area (Å²) in [5.41, 5.74) is 1.87. The Morgan fingerprint density at radius 1 is 1.00 bits per heavy atom. The van der Waals surface area contributed by atoms with E-state index in [-0.39, 0.29) is 11.4 Å². The van der Waals surface area contributed by atoms with Crippen molar-refractivity contribution in [1.29, 1.82) is 0 Å². The van der Waals surface area contributed by atoms with Crippen LogP contribution in [0.3, 0.4) is 0 Å². The maximum Gasteiger partial charge on any atom is 0.305 e. The molecule has 0 N–H and O–H groups in total. The van der Waals surface area contributed by atoms with Crippen molar-refractivity contribution < 1.29 is 14.3 Å². The number of ether oxygens (including phenoxy) is 2. The number of fused-ring (bicyclic) bond motifs is 2. The first-order valence-electron chi connectivity index (χ1n) is 9.40. The quantitative estimate of drug-likeness (QED) is 0.339. The molecule has 0 fully saturated rings. The Morgan fingerprint density at radius 2 is 1.78 bits per heavy atom. The lowest BCUT2D eigenvalue weighted by molar-refractivity contribution is -0.143. The van der Waals surface area contributed by atoms with Crippen LogP contribution in [0.4, 0.5) is 0 Å². The number of rotatable bonds is 8. The minimum absolute atomic E-state index is 0.0260. The number of hydrogen-bond donors (Lipinski definition) is 0. The summed E-state index contributed by atoms with van der Waals surface area (Å²) in [6.45, 7) is 3.03. The van der Waals surface area contributed by atoms with Gasteiger partial charge in [0.25, 0.3) is 0 Å². The van der Waals surface area contributed by atoms with Gasteiger partial charge in [0.15, 0.2) is 5.43 Å². The van der Waals surface area contributed by atoms with E-state index in [1.807, 2.05) is 43.3 Å². The number of carbonyl (C=O) groups is 1. The second-order valence-electron chi connectivity index (χ2n) is 6.50. The van der Waals surface area contributed by atoms with Gasteiger partial charge in [0.05, 0.1) is 24.8 Å². The highest BCUT2D eigenvalue weighted by atomic mass is 16.5. The normalized spacial score (nSPS) is 11.0. The molecule has 0 aliphatic carbocycles. The van der Waals surface area contributed by atoms with Gasteiger partial charge in [-0.1, -0.05) is 18.6 Å². The SMILES string of the molecule is CCOC(=O)CCCCCn1c2ccccc2c(=O)c2cc(OC)ccc21. The molecule has 1 aromatic heterocycles. The predicted molar refractivity (Wildman–Crippen MR) is 107 cm³/mol. The molecule has 0 saturated heterocycles. The summed E-state index contributed by atoms with van der Waals surface area (Å²) >= 11 is 0. The van der Waals surface area contributed by atoms with Crippen LogP contribution in [0.2, 0.25) is 0 Å². The Balaban J connectivity index is 1.87. The smallest absolute Gasteiger partial charge is 0.305 e. The first-order valence-corrected chi connectivity index (χ1v) is 9.40. The largest absolute Gasteiger partial charge is 0.497 e. The first-order chi connectivity index (χ1) is 13.2. The molecule has 1 heterocycles. The van der Waals surface area contributed by atoms with Crippen LogP contribution in [0.25, 0.3) is 21.8 Å². The molecular weight excluding hydrogens is 342 g/mol. The van der Waals surface area contributed by atoms with E-state index in [1.54, 1.807) is 13.2 Å². The van der Waals surface area contributed by atoms with Gasteiger partial charge in [-0.05, 0) is 50.1 Å². The predicted octanol–water partition coefficient (Wildman–Crippen LogP) is 4.29. The highest BCUT2D eigenvalue weighted by Crippen LogP contribution is 2.23. The van der Waals surface area contributed by atoms with Crippen molar-refractivity contribution in [1.82, 2.24) is 4.57 Å². The fourth-order valence-corrected chi connectivity index (χ4v) is 3.43. The van der Waals surface area contributed by atoms with E-state index >= 15 is 0 Å². The fourth-order valence-electron chi connectivity index (χ4n) is 3.43. The van der Waals surface area contributed by atoms with Gasteiger partial charge >= 0.3 is 5.97 Å². The number of carbonyl (C=O) groups excluding carboxylic acids is 1. The van der Waals surface area contributed by atoms with Crippen LogP contribution in [0.5, 0.6) is 5.75 Å². The molecule has 27 heavy (non-hydrogen) atoms. The van der Waals surface area contributed by atoms with Gasteiger partial charge in [-0.15, -0.1) is 0 Å². The number of nitrogens with zero attached hydrogens (tertiary/aromatic N) is 1. The van der Waals surface area contributed by atoms with E-state index in [2.05, 4.69) is 4.57 Å². The monoisotopic (exact) mass is 367 g/mol. The van der Waals surface area contributed by atoms with Crippen LogP contribution in [0, 0.1) is 0 Å². The second kappa shape index (κ2) is 8.71. The Hall–Kier alpha value is -2.82. The molecule has 0 aliphatic heterocycles. The maximum absolute atomic E-state index is 12.9. The fraction of sp³-hybridized carbons (Fsp3) is 0.364. The molecule has 0 atom stereocenters. The topological polar surface area (TPSA) is 57.5 Å². The third-order valence-corrected chi connectivity index (χ3v) is 4.75. The highest BCUT2D eigenvalue weighted by Gasteiger charge is 2.11. The molecule has 3 rings (SSSR count). The zero-order chi connectivity index (χ0) is 19.2. The second-order valence-corrected chi connectivity index (χ2v) is 6.50. The molecule has 0 spiro atoms. The van der Waals surface area contributed by atoms with Gasteiger partial charge in [-0.3, -0.25) is 9.59 Å². The van der Waals surface area contributed by atoms with Gasteiger partial charge < -0.3 is 14.0 Å². The van der Waals surface area contributed by atoms with Crippen LogP contribution >= 0.6 is 0 Å². The van der Waals surface area contributed by atoms with E-state index < -0.39 is 0 Å². The third kappa shape index (κ3) is 4.13. The van der Waals surface area contributed by atoms with Crippen molar-refractivity contribution in [3.05, 3.63) is 52.7 Å². The van der Waals surface area contributed by atoms with E-state index in [1.165, 1.54) is 0 Å². The minimum atomic E-state index is -0.135. The molecule has 0 unspecified atom stereocenters. The highest BCUT2D eigenvalue weighted by molar-refractivity contribution is 5.94. The van der Waals surface area contributed by atoms with Crippen LogP contribution in [-0.2, 0) is 16.1 Å². The van der Waals surface area contributed by atoms with Gasteiger partial charge in [0.2, 0.25) is 0 Å². The van der Waals surface area contributed by atoms with Crippen molar-refractivity contribution in [2.45, 2.75) is 39.2 Å². The Morgan fingerprint density at radius 3 is 2.56 bits per heavy atom. The molecule has 0 radical (unpaired) electrons. The molecule has 0 saturated carbocycles. The summed E-state index contributed by atoms with van der Waals surface area (Å²) in [6, 6.07) is 13.3. The summed E-state index contributed by atoms with van der Waals surface area (Å²) in [6.07, 6.45) is 3.11. The third-order valence-electron chi connectivity index (χ3n) is 4.75. The van der Waals surface area contributed by atoms with Crippen molar-refractivity contribution in [3.8, 4) is 5.75 Å². The Kier molecular flexibility index (Phi) is 6.12. The lowest BCUT2D eigenvalue weighted by atomic mass is 10.1. The average Bonchev–Trinajstić information content (AvgIpc) is 2.70. The van der Waals surface area contributed by atoms with Crippen LogP contribution < -0.4 is 10.2 Å². The molecule has 0 bridgehead atoms. The zero-order valence-electron chi connectivity index (χ0n) is 15.9. The number of methoxy groups -OCH3 is 1. The van der Waals surface area contributed by atoms with Crippen molar-refractivity contribution in [3.63, 3.8) is 0 Å². The summed E-state index contributed by atoms with van der Waals surface area (Å²) in [5, 5.41) is 1.38. The van der Waals surface area contributed by atoms with Crippen LogP contribution in [0.1, 0.15) is 32.6 Å². The molecule has 5 heteroatoms. The number of hydrogen-bond acceptors (Lipinski definition) is 4. The van der Waals surface area contributed by atoms with Crippen LogP contribution in [-0.4, -0.2) is 24.3 Å². The zero-order valence-corrected chi connectivity index (χ0v) is 15.9. The lowest BCUT2D eigenvalue weighted by Gasteiger charge is -2.15. The van der Waals surface area contributed by atoms with E-state index in [0.717, 1.165) is 36.8 Å². The van der Waals surface area contributed by atoms with Gasteiger partial charge in [-0.2, -0.15) is 0 Å². The number of benzene rings is 2. The van der Waals surface area contributed by atoms with Gasteiger partial charge in [0, 0.05) is 23.7 Å². The van der Waals surface area contributed by atoms with Gasteiger partial charge in [0.1, 0.15) is 5.75 Å². The summed E-state index contributed by atoms with van der Waals surface area (Å²) < 4.78 is 12.4. The molecule has 5 nitrogen and oxygen atoms in total. The Labute approximate surface area is 158 Å². The van der Waals surface area contributed by atoms with Gasteiger partial charge in [-0.25, -0.2) is 0 Å². The molecule has 142 valence electrons.